The molecule has 148 valence electrons. The minimum Gasteiger partial charge on any atom is -0.494 e. The van der Waals surface area contributed by atoms with Gasteiger partial charge in [0.15, 0.2) is 0 Å². The van der Waals surface area contributed by atoms with Crippen LogP contribution in [0.2, 0.25) is 0 Å². The monoisotopic (exact) mass is 404 g/mol. The van der Waals surface area contributed by atoms with E-state index in [1.807, 2.05) is 49.4 Å². The third-order valence-electron chi connectivity index (χ3n) is 4.93. The maximum Gasteiger partial charge on any atom is 0.262 e. The highest BCUT2D eigenvalue weighted by atomic mass is 32.1. The van der Waals surface area contributed by atoms with E-state index in [1.54, 1.807) is 15.9 Å². The highest BCUT2D eigenvalue weighted by molar-refractivity contribution is 7.21. The molecule has 2 heterocycles. The molecule has 0 unspecified atom stereocenters. The van der Waals surface area contributed by atoms with Gasteiger partial charge in [0.25, 0.3) is 5.56 Å². The average molecular weight is 405 g/mol. The summed E-state index contributed by atoms with van der Waals surface area (Å²) in [6.07, 6.45) is 1.76. The van der Waals surface area contributed by atoms with E-state index in [4.69, 9.17) is 4.74 Å². The van der Waals surface area contributed by atoms with E-state index in [0.717, 1.165) is 39.7 Å². The minimum absolute atomic E-state index is 0.0468. The Kier molecular flexibility index (Phi) is 5.76. The van der Waals surface area contributed by atoms with Crippen LogP contribution in [0.1, 0.15) is 24.2 Å². The predicted octanol–water partition coefficient (Wildman–Crippen LogP) is 5.60. The molecule has 2 aromatic carbocycles. The summed E-state index contributed by atoms with van der Waals surface area (Å²) in [6, 6.07) is 20.2. The Morgan fingerprint density at radius 3 is 2.62 bits per heavy atom. The van der Waals surface area contributed by atoms with E-state index in [2.05, 4.69) is 30.1 Å². The summed E-state index contributed by atoms with van der Waals surface area (Å²) in [7, 11) is 0. The van der Waals surface area contributed by atoms with E-state index >= 15 is 0 Å². The lowest BCUT2D eigenvalue weighted by Crippen LogP contribution is -2.23. The molecule has 0 N–H and O–H groups in total. The largest absolute Gasteiger partial charge is 0.494 e. The van der Waals surface area contributed by atoms with Gasteiger partial charge in [0.05, 0.1) is 12.0 Å². The molecule has 2 aromatic heterocycles. The summed E-state index contributed by atoms with van der Waals surface area (Å²) in [5.74, 6) is 1.66. The van der Waals surface area contributed by atoms with Crippen molar-refractivity contribution in [3.8, 4) is 16.2 Å². The summed E-state index contributed by atoms with van der Waals surface area (Å²) >= 11 is 1.57. The van der Waals surface area contributed by atoms with Crippen LogP contribution in [0.3, 0.4) is 0 Å². The van der Waals surface area contributed by atoms with Crippen LogP contribution in [-0.2, 0) is 6.54 Å². The maximum atomic E-state index is 13.0. The standard InChI is InChI=1S/C24H24N2O2S/c1-17-9-8-12-20(15-17)28-14-7-6-13-26-18(2)25-23-21(24(26)27)16-22(29-23)19-10-4-3-5-11-19/h3-5,8-12,15-16H,6-7,13-14H2,1-2H3. The lowest BCUT2D eigenvalue weighted by atomic mass is 10.2. The summed E-state index contributed by atoms with van der Waals surface area (Å²) in [5.41, 5.74) is 2.35. The molecule has 29 heavy (non-hydrogen) atoms. The molecule has 0 atom stereocenters. The number of hydrogen-bond acceptors (Lipinski definition) is 4. The predicted molar refractivity (Wildman–Crippen MR) is 120 cm³/mol. The van der Waals surface area contributed by atoms with E-state index in [9.17, 15) is 4.79 Å². The van der Waals surface area contributed by atoms with Crippen molar-refractivity contribution in [3.05, 3.63) is 82.4 Å². The number of ether oxygens (including phenoxy) is 1. The first-order valence-corrected chi connectivity index (χ1v) is 10.7. The van der Waals surface area contributed by atoms with Gasteiger partial charge >= 0.3 is 0 Å². The minimum atomic E-state index is 0.0468. The van der Waals surface area contributed by atoms with Gasteiger partial charge < -0.3 is 4.74 Å². The lowest BCUT2D eigenvalue weighted by molar-refractivity contribution is 0.302. The van der Waals surface area contributed by atoms with Gasteiger partial charge in [-0.15, -0.1) is 11.3 Å². The Morgan fingerprint density at radius 1 is 1.00 bits per heavy atom. The van der Waals surface area contributed by atoms with Gasteiger partial charge in [-0.2, -0.15) is 0 Å². The lowest BCUT2D eigenvalue weighted by Gasteiger charge is -2.10. The quantitative estimate of drug-likeness (QED) is 0.377. The topological polar surface area (TPSA) is 44.1 Å². The van der Waals surface area contributed by atoms with E-state index < -0.39 is 0 Å². The zero-order chi connectivity index (χ0) is 20.2. The van der Waals surface area contributed by atoms with Crippen molar-refractivity contribution in [1.82, 2.24) is 9.55 Å². The molecule has 0 bridgehead atoms. The van der Waals surface area contributed by atoms with E-state index in [1.165, 1.54) is 5.56 Å². The van der Waals surface area contributed by atoms with E-state index in [0.29, 0.717) is 18.5 Å². The smallest absolute Gasteiger partial charge is 0.262 e. The number of thiophene rings is 1. The van der Waals surface area contributed by atoms with E-state index in [-0.39, 0.29) is 5.56 Å². The number of fused-ring (bicyclic) bond motifs is 1. The second kappa shape index (κ2) is 8.62. The number of unbranched alkanes of at least 4 members (excludes halogenated alkanes) is 1. The number of benzene rings is 2. The summed E-state index contributed by atoms with van der Waals surface area (Å²) < 4.78 is 7.59. The van der Waals surface area contributed by atoms with Gasteiger partial charge in [-0.25, -0.2) is 4.98 Å². The first-order valence-electron chi connectivity index (χ1n) is 9.88. The van der Waals surface area contributed by atoms with Crippen molar-refractivity contribution < 1.29 is 4.74 Å². The zero-order valence-corrected chi connectivity index (χ0v) is 17.5. The molecule has 0 saturated heterocycles. The number of aromatic nitrogens is 2. The van der Waals surface area contributed by atoms with Crippen LogP contribution in [0.15, 0.2) is 65.5 Å². The molecule has 5 heteroatoms. The highest BCUT2D eigenvalue weighted by Crippen LogP contribution is 2.30. The molecular weight excluding hydrogens is 380 g/mol. The van der Waals surface area contributed by atoms with Crippen LogP contribution in [0, 0.1) is 13.8 Å². The van der Waals surface area contributed by atoms with Gasteiger partial charge in [0, 0.05) is 11.4 Å². The maximum absolute atomic E-state index is 13.0. The van der Waals surface area contributed by atoms with Gasteiger partial charge in [-0.1, -0.05) is 42.5 Å². The molecule has 4 nitrogen and oxygen atoms in total. The summed E-state index contributed by atoms with van der Waals surface area (Å²) in [4.78, 5) is 19.6. The molecule has 4 rings (SSSR count). The Bertz CT molecular complexity index is 1180. The molecule has 0 fully saturated rings. The first-order chi connectivity index (χ1) is 14.1. The molecule has 0 saturated carbocycles. The van der Waals surface area contributed by atoms with Crippen LogP contribution in [-0.4, -0.2) is 16.2 Å². The number of hydrogen-bond donors (Lipinski definition) is 0. The third-order valence-corrected chi connectivity index (χ3v) is 6.01. The third kappa shape index (κ3) is 4.40. The van der Waals surface area contributed by atoms with Crippen LogP contribution in [0.4, 0.5) is 0 Å². The fraction of sp³-hybridized carbons (Fsp3) is 0.250. The molecular formula is C24H24N2O2S. The fourth-order valence-electron chi connectivity index (χ4n) is 3.39. The van der Waals surface area contributed by atoms with Gasteiger partial charge in [-0.05, 0) is 56.0 Å². The number of rotatable bonds is 7. The SMILES string of the molecule is Cc1cccc(OCCCCn2c(C)nc3sc(-c4ccccc4)cc3c2=O)c1. The Morgan fingerprint density at radius 2 is 1.83 bits per heavy atom. The van der Waals surface area contributed by atoms with Gasteiger partial charge in [0.1, 0.15) is 16.4 Å². The van der Waals surface area contributed by atoms with Crippen molar-refractivity contribution in [2.45, 2.75) is 33.2 Å². The summed E-state index contributed by atoms with van der Waals surface area (Å²) in [5, 5.41) is 0.704. The van der Waals surface area contributed by atoms with Crippen LogP contribution in [0.5, 0.6) is 5.75 Å². The van der Waals surface area contributed by atoms with Crippen molar-refractivity contribution in [2.24, 2.45) is 0 Å². The molecule has 0 aliphatic heterocycles. The molecule has 0 aliphatic carbocycles. The molecule has 0 radical (unpaired) electrons. The van der Waals surface area contributed by atoms with Crippen molar-refractivity contribution in [2.75, 3.05) is 6.61 Å². The van der Waals surface area contributed by atoms with Crippen LogP contribution >= 0.6 is 11.3 Å². The Labute approximate surface area is 174 Å². The van der Waals surface area contributed by atoms with Crippen molar-refractivity contribution in [3.63, 3.8) is 0 Å². The number of nitrogens with zero attached hydrogens (tertiary/aromatic N) is 2. The van der Waals surface area contributed by atoms with Crippen LogP contribution < -0.4 is 10.3 Å². The molecule has 0 amide bonds. The van der Waals surface area contributed by atoms with Gasteiger partial charge in [0.2, 0.25) is 0 Å². The highest BCUT2D eigenvalue weighted by Gasteiger charge is 2.12. The Hall–Kier alpha value is -2.92. The number of aryl methyl sites for hydroxylation is 2. The zero-order valence-electron chi connectivity index (χ0n) is 16.7. The second-order valence-electron chi connectivity index (χ2n) is 7.18. The summed E-state index contributed by atoms with van der Waals surface area (Å²) in [6.45, 7) is 5.26. The average Bonchev–Trinajstić information content (AvgIpc) is 3.15. The van der Waals surface area contributed by atoms with Gasteiger partial charge in [-0.3, -0.25) is 9.36 Å². The Balaban J connectivity index is 1.44. The normalized spacial score (nSPS) is 11.1. The molecule has 0 spiro atoms. The fourth-order valence-corrected chi connectivity index (χ4v) is 4.47. The van der Waals surface area contributed by atoms with Crippen molar-refractivity contribution >= 4 is 21.6 Å². The van der Waals surface area contributed by atoms with Crippen LogP contribution in [0.25, 0.3) is 20.7 Å². The first kappa shape index (κ1) is 19.4. The molecule has 4 aromatic rings. The van der Waals surface area contributed by atoms with Crippen molar-refractivity contribution in [1.29, 1.82) is 0 Å². The second-order valence-corrected chi connectivity index (χ2v) is 8.21. The molecule has 0 aliphatic rings.